The molecule has 0 aromatic carbocycles. The van der Waals surface area contributed by atoms with Crippen LogP contribution < -0.4 is 0 Å². The highest BCUT2D eigenvalue weighted by atomic mass is 32.2. The van der Waals surface area contributed by atoms with Crippen molar-refractivity contribution in [2.24, 2.45) is 0 Å². The molecule has 0 N–H and O–H groups in total. The maximum absolute atomic E-state index is 11.7. The molecule has 0 aromatic rings. The van der Waals surface area contributed by atoms with Crippen LogP contribution in [0.1, 0.15) is 40.5 Å². The summed E-state index contributed by atoms with van der Waals surface area (Å²) in [7, 11) is -1.62. The van der Waals surface area contributed by atoms with Gasteiger partial charge in [0.25, 0.3) is 0 Å². The highest BCUT2D eigenvalue weighted by molar-refractivity contribution is 7.89. The van der Waals surface area contributed by atoms with E-state index >= 15 is 0 Å². The van der Waals surface area contributed by atoms with Gasteiger partial charge in [0, 0.05) is 43.6 Å². The van der Waals surface area contributed by atoms with Crippen LogP contribution in [0.4, 0.5) is 0 Å². The first-order valence-electron chi connectivity index (χ1n) is 5.28. The SMILES string of the molecule is CCCS(=O)C(C)C(C)S(=O)CCC. The second-order valence-corrected chi connectivity index (χ2v) is 7.41. The lowest BCUT2D eigenvalue weighted by molar-refractivity contribution is 0.655. The van der Waals surface area contributed by atoms with Gasteiger partial charge in [0.2, 0.25) is 0 Å². The molecule has 0 fully saturated rings. The van der Waals surface area contributed by atoms with E-state index in [1.54, 1.807) is 0 Å². The molecule has 14 heavy (non-hydrogen) atoms. The normalized spacial score (nSPS) is 20.0. The van der Waals surface area contributed by atoms with E-state index in [9.17, 15) is 8.42 Å². The zero-order chi connectivity index (χ0) is 11.1. The molecule has 0 aliphatic rings. The summed E-state index contributed by atoms with van der Waals surface area (Å²) in [5, 5.41) is 0.115. The van der Waals surface area contributed by atoms with Crippen LogP contribution >= 0.6 is 0 Å². The van der Waals surface area contributed by atoms with E-state index in [2.05, 4.69) is 0 Å². The standard InChI is InChI=1S/C10H22O2S2/c1-5-7-13(11)9(3)10(4)14(12)8-6-2/h9-10H,5-8H2,1-4H3. The van der Waals surface area contributed by atoms with Gasteiger partial charge in [0.1, 0.15) is 0 Å². The fraction of sp³-hybridized carbons (Fsp3) is 1.00. The molecule has 4 heteroatoms. The zero-order valence-electron chi connectivity index (χ0n) is 9.62. The highest BCUT2D eigenvalue weighted by Gasteiger charge is 2.22. The Morgan fingerprint density at radius 2 is 1.14 bits per heavy atom. The minimum atomic E-state index is -0.812. The van der Waals surface area contributed by atoms with E-state index in [0.717, 1.165) is 24.3 Å². The average molecular weight is 238 g/mol. The molecule has 0 heterocycles. The summed E-state index contributed by atoms with van der Waals surface area (Å²) in [4.78, 5) is 0. The van der Waals surface area contributed by atoms with Gasteiger partial charge in [-0.3, -0.25) is 8.42 Å². The Balaban J connectivity index is 4.16. The third-order valence-corrected chi connectivity index (χ3v) is 6.57. The van der Waals surface area contributed by atoms with Crippen LogP contribution in [0.25, 0.3) is 0 Å². The molecular weight excluding hydrogens is 216 g/mol. The Hall–Kier alpha value is 0.300. The Bertz CT molecular complexity index is 182. The minimum Gasteiger partial charge on any atom is -0.259 e. The third-order valence-electron chi connectivity index (χ3n) is 2.30. The van der Waals surface area contributed by atoms with Crippen LogP contribution in [0, 0.1) is 0 Å². The van der Waals surface area contributed by atoms with Crippen molar-refractivity contribution >= 4 is 21.6 Å². The number of hydrogen-bond acceptors (Lipinski definition) is 2. The molecular formula is C10H22O2S2. The molecule has 2 nitrogen and oxygen atoms in total. The van der Waals surface area contributed by atoms with Gasteiger partial charge in [-0.05, 0) is 26.7 Å². The summed E-state index contributed by atoms with van der Waals surface area (Å²) in [6.45, 7) is 7.95. The lowest BCUT2D eigenvalue weighted by Gasteiger charge is -2.18. The monoisotopic (exact) mass is 238 g/mol. The predicted molar refractivity (Wildman–Crippen MR) is 65.5 cm³/mol. The quantitative estimate of drug-likeness (QED) is 0.680. The Morgan fingerprint density at radius 1 is 0.857 bits per heavy atom. The first kappa shape index (κ1) is 14.3. The van der Waals surface area contributed by atoms with Crippen molar-refractivity contribution in [3.8, 4) is 0 Å². The summed E-state index contributed by atoms with van der Waals surface area (Å²) in [6, 6.07) is 0. The molecule has 0 saturated carbocycles. The van der Waals surface area contributed by atoms with Crippen LogP contribution in [-0.4, -0.2) is 30.4 Å². The molecule has 0 radical (unpaired) electrons. The van der Waals surface area contributed by atoms with E-state index in [1.807, 2.05) is 27.7 Å². The number of rotatable bonds is 7. The molecule has 86 valence electrons. The largest absolute Gasteiger partial charge is 0.259 e. The first-order chi connectivity index (χ1) is 6.54. The van der Waals surface area contributed by atoms with Crippen LogP contribution in [-0.2, 0) is 21.6 Å². The third kappa shape index (κ3) is 4.69. The van der Waals surface area contributed by atoms with Gasteiger partial charge >= 0.3 is 0 Å². The molecule has 0 aliphatic heterocycles. The van der Waals surface area contributed by atoms with Crippen molar-refractivity contribution in [1.82, 2.24) is 0 Å². The van der Waals surface area contributed by atoms with Crippen molar-refractivity contribution in [2.75, 3.05) is 11.5 Å². The second kappa shape index (κ2) is 7.57. The first-order valence-corrected chi connectivity index (χ1v) is 8.05. The summed E-state index contributed by atoms with van der Waals surface area (Å²) in [5.41, 5.74) is 0. The smallest absolute Gasteiger partial charge is 0.0460 e. The maximum Gasteiger partial charge on any atom is 0.0460 e. The van der Waals surface area contributed by atoms with Gasteiger partial charge in [-0.1, -0.05) is 13.8 Å². The topological polar surface area (TPSA) is 34.1 Å². The van der Waals surface area contributed by atoms with Crippen LogP contribution in [0.3, 0.4) is 0 Å². The molecule has 0 rings (SSSR count). The van der Waals surface area contributed by atoms with Crippen LogP contribution in [0.5, 0.6) is 0 Å². The van der Waals surface area contributed by atoms with Crippen LogP contribution in [0.2, 0.25) is 0 Å². The Labute approximate surface area is 92.8 Å². The molecule has 4 unspecified atom stereocenters. The number of hydrogen-bond donors (Lipinski definition) is 0. The minimum absolute atomic E-state index is 0.0577. The zero-order valence-corrected chi connectivity index (χ0v) is 11.2. The van der Waals surface area contributed by atoms with Gasteiger partial charge in [0.05, 0.1) is 0 Å². The van der Waals surface area contributed by atoms with Gasteiger partial charge < -0.3 is 0 Å². The van der Waals surface area contributed by atoms with Crippen LogP contribution in [0.15, 0.2) is 0 Å². The van der Waals surface area contributed by atoms with Gasteiger partial charge in [-0.2, -0.15) is 0 Å². The molecule has 0 amide bonds. The summed E-state index contributed by atoms with van der Waals surface area (Å²) < 4.78 is 23.3. The van der Waals surface area contributed by atoms with Gasteiger partial charge in [-0.15, -0.1) is 0 Å². The fourth-order valence-electron chi connectivity index (χ4n) is 1.20. The molecule has 4 atom stereocenters. The van der Waals surface area contributed by atoms with Gasteiger partial charge in [0.15, 0.2) is 0 Å². The maximum atomic E-state index is 11.7. The lowest BCUT2D eigenvalue weighted by Crippen LogP contribution is -2.31. The van der Waals surface area contributed by atoms with Crippen molar-refractivity contribution in [3.63, 3.8) is 0 Å². The van der Waals surface area contributed by atoms with Crippen molar-refractivity contribution < 1.29 is 8.42 Å². The van der Waals surface area contributed by atoms with E-state index in [4.69, 9.17) is 0 Å². The Kier molecular flexibility index (Phi) is 7.74. The predicted octanol–water partition coefficient (Wildman–Crippen LogP) is 2.08. The van der Waals surface area contributed by atoms with Crippen molar-refractivity contribution in [3.05, 3.63) is 0 Å². The molecule has 0 aromatic heterocycles. The van der Waals surface area contributed by atoms with Crippen molar-refractivity contribution in [1.29, 1.82) is 0 Å². The highest BCUT2D eigenvalue weighted by Crippen LogP contribution is 2.10. The molecule has 0 bridgehead atoms. The van der Waals surface area contributed by atoms with E-state index in [1.165, 1.54) is 0 Å². The fourth-order valence-corrected chi connectivity index (χ4v) is 4.35. The second-order valence-electron chi connectivity index (χ2n) is 3.58. The van der Waals surface area contributed by atoms with E-state index < -0.39 is 21.6 Å². The molecule has 0 saturated heterocycles. The average Bonchev–Trinajstić information content (AvgIpc) is 2.16. The Morgan fingerprint density at radius 3 is 1.36 bits per heavy atom. The molecule has 0 spiro atoms. The lowest BCUT2D eigenvalue weighted by atomic mass is 10.4. The van der Waals surface area contributed by atoms with Crippen molar-refractivity contribution in [2.45, 2.75) is 51.0 Å². The molecule has 0 aliphatic carbocycles. The summed E-state index contributed by atoms with van der Waals surface area (Å²) in [5.74, 6) is 1.46. The summed E-state index contributed by atoms with van der Waals surface area (Å²) in [6.07, 6.45) is 1.87. The van der Waals surface area contributed by atoms with Gasteiger partial charge in [-0.25, -0.2) is 0 Å². The summed E-state index contributed by atoms with van der Waals surface area (Å²) >= 11 is 0. The van der Waals surface area contributed by atoms with E-state index in [-0.39, 0.29) is 10.5 Å². The van der Waals surface area contributed by atoms with E-state index in [0.29, 0.717) is 0 Å².